The number of benzene rings is 1. The molecule has 2 aromatic rings. The highest BCUT2D eigenvalue weighted by molar-refractivity contribution is 6.01. The van der Waals surface area contributed by atoms with Crippen LogP contribution in [0.15, 0.2) is 30.8 Å². The first-order chi connectivity index (χ1) is 17.2. The first kappa shape index (κ1) is 26.6. The van der Waals surface area contributed by atoms with Crippen molar-refractivity contribution >= 4 is 30.2 Å². The van der Waals surface area contributed by atoms with Gasteiger partial charge in [-0.1, -0.05) is 26.5 Å². The highest BCUT2D eigenvalue weighted by Crippen LogP contribution is 2.33. The van der Waals surface area contributed by atoms with Gasteiger partial charge in [-0.2, -0.15) is 0 Å². The van der Waals surface area contributed by atoms with Gasteiger partial charge in [0.2, 0.25) is 6.29 Å². The molecule has 1 aliphatic carbocycles. The number of ether oxygens (including phenoxy) is 3. The number of esters is 2. The number of pyridine rings is 1. The van der Waals surface area contributed by atoms with Crippen molar-refractivity contribution in [2.45, 2.75) is 39.9 Å². The van der Waals surface area contributed by atoms with Crippen molar-refractivity contribution in [3.63, 3.8) is 0 Å². The van der Waals surface area contributed by atoms with E-state index in [0.717, 1.165) is 12.8 Å². The van der Waals surface area contributed by atoms with Crippen LogP contribution >= 0.6 is 0 Å². The molecule has 190 valence electrons. The van der Waals surface area contributed by atoms with Gasteiger partial charge in [0.15, 0.2) is 12.0 Å². The number of carbonyl (C=O) groups is 4. The Balaban J connectivity index is 2.04. The molecule has 1 amide bonds. The van der Waals surface area contributed by atoms with Crippen molar-refractivity contribution in [2.75, 3.05) is 13.7 Å². The molecular weight excluding hydrogens is 464 g/mol. The average molecular weight is 495 g/mol. The number of rotatable bonds is 11. The van der Waals surface area contributed by atoms with Crippen molar-refractivity contribution < 1.29 is 33.4 Å². The minimum atomic E-state index is -1.20. The highest BCUT2D eigenvalue weighted by Gasteiger charge is 2.26. The molecule has 1 heterocycles. The van der Waals surface area contributed by atoms with Gasteiger partial charge in [0.1, 0.15) is 11.4 Å². The third-order valence-electron chi connectivity index (χ3n) is 5.63. The number of nitrogens with zero attached hydrogens (tertiary/aromatic N) is 1. The Morgan fingerprint density at radius 3 is 2.42 bits per heavy atom. The maximum atomic E-state index is 13.2. The second-order valence-corrected chi connectivity index (χ2v) is 8.81. The SMILES string of the molecule is C=Cc1cc(C=O)c(-c2ccc(C(=O)NCC3CC3)nc2C(=O)OC(C)OC(=O)C(C)C)cc1OC. The Labute approximate surface area is 209 Å². The standard InChI is InChI=1S/C27H30N2O7/c1-6-18-11-19(14-30)21(12-23(18)34-5)20-9-10-22(25(31)28-13-17-7-8-17)29-24(20)27(33)36-16(4)35-26(32)15(2)3/h6,9-12,14-17H,1,7-8,13H2,2-5H3,(H,28,31). The molecule has 9 heteroatoms. The minimum absolute atomic E-state index is 0.0144. The molecule has 1 unspecified atom stereocenters. The molecule has 1 N–H and O–H groups in total. The van der Waals surface area contributed by atoms with Gasteiger partial charge >= 0.3 is 11.9 Å². The smallest absolute Gasteiger partial charge is 0.360 e. The van der Waals surface area contributed by atoms with E-state index in [2.05, 4.69) is 16.9 Å². The van der Waals surface area contributed by atoms with E-state index in [9.17, 15) is 19.2 Å². The lowest BCUT2D eigenvalue weighted by Crippen LogP contribution is -2.28. The molecule has 1 saturated carbocycles. The molecule has 1 aromatic carbocycles. The lowest BCUT2D eigenvalue weighted by Gasteiger charge is -2.18. The summed E-state index contributed by atoms with van der Waals surface area (Å²) in [6, 6.07) is 6.16. The zero-order valence-corrected chi connectivity index (χ0v) is 20.8. The van der Waals surface area contributed by atoms with Crippen LogP contribution in [-0.2, 0) is 14.3 Å². The van der Waals surface area contributed by atoms with E-state index < -0.39 is 30.1 Å². The van der Waals surface area contributed by atoms with Crippen LogP contribution in [0.4, 0.5) is 0 Å². The maximum absolute atomic E-state index is 13.2. The molecule has 0 saturated heterocycles. The molecule has 1 fully saturated rings. The minimum Gasteiger partial charge on any atom is -0.496 e. The number of methoxy groups -OCH3 is 1. The first-order valence-electron chi connectivity index (χ1n) is 11.7. The van der Waals surface area contributed by atoms with E-state index in [1.807, 2.05) is 0 Å². The Bertz CT molecular complexity index is 1180. The van der Waals surface area contributed by atoms with Crippen molar-refractivity contribution in [2.24, 2.45) is 11.8 Å². The normalized spacial score (nSPS) is 13.5. The van der Waals surface area contributed by atoms with E-state index >= 15 is 0 Å². The van der Waals surface area contributed by atoms with E-state index in [0.29, 0.717) is 35.6 Å². The largest absolute Gasteiger partial charge is 0.496 e. The molecule has 1 aliphatic rings. The van der Waals surface area contributed by atoms with Crippen LogP contribution in [0.25, 0.3) is 17.2 Å². The number of aromatic nitrogens is 1. The Morgan fingerprint density at radius 2 is 1.83 bits per heavy atom. The van der Waals surface area contributed by atoms with Crippen LogP contribution in [0.3, 0.4) is 0 Å². The molecule has 0 aliphatic heterocycles. The third-order valence-corrected chi connectivity index (χ3v) is 5.63. The lowest BCUT2D eigenvalue weighted by atomic mass is 9.95. The predicted octanol–water partition coefficient (Wildman–Crippen LogP) is 4.05. The zero-order chi connectivity index (χ0) is 26.4. The summed E-state index contributed by atoms with van der Waals surface area (Å²) in [4.78, 5) is 54.0. The number of aldehydes is 1. The predicted molar refractivity (Wildman–Crippen MR) is 133 cm³/mol. The van der Waals surface area contributed by atoms with Crippen LogP contribution in [-0.4, -0.2) is 49.1 Å². The summed E-state index contributed by atoms with van der Waals surface area (Å²) in [5, 5.41) is 2.81. The Morgan fingerprint density at radius 1 is 1.11 bits per heavy atom. The number of carbonyl (C=O) groups excluding carboxylic acids is 4. The molecular formula is C27H30N2O7. The number of hydrogen-bond donors (Lipinski definition) is 1. The second kappa shape index (κ2) is 11.6. The van der Waals surface area contributed by atoms with Gasteiger partial charge in [-0.3, -0.25) is 14.4 Å². The summed E-state index contributed by atoms with van der Waals surface area (Å²) in [7, 11) is 1.47. The summed E-state index contributed by atoms with van der Waals surface area (Å²) in [5.74, 6) is -1.42. The fourth-order valence-electron chi connectivity index (χ4n) is 3.42. The molecule has 1 atom stereocenters. The summed E-state index contributed by atoms with van der Waals surface area (Å²) in [6.45, 7) is 8.97. The molecule has 0 radical (unpaired) electrons. The van der Waals surface area contributed by atoms with Crippen LogP contribution < -0.4 is 10.1 Å². The number of amides is 1. The topological polar surface area (TPSA) is 121 Å². The van der Waals surface area contributed by atoms with Gasteiger partial charge in [-0.05, 0) is 48.6 Å². The molecule has 36 heavy (non-hydrogen) atoms. The van der Waals surface area contributed by atoms with Gasteiger partial charge in [-0.15, -0.1) is 0 Å². The van der Waals surface area contributed by atoms with Gasteiger partial charge in [0.25, 0.3) is 5.91 Å². The summed E-state index contributed by atoms with van der Waals surface area (Å²) in [6.07, 6.45) is 3.11. The van der Waals surface area contributed by atoms with Crippen LogP contribution in [0.5, 0.6) is 5.75 Å². The molecule has 0 bridgehead atoms. The van der Waals surface area contributed by atoms with Crippen molar-refractivity contribution in [3.05, 3.63) is 53.4 Å². The van der Waals surface area contributed by atoms with Gasteiger partial charge < -0.3 is 19.5 Å². The summed E-state index contributed by atoms with van der Waals surface area (Å²) < 4.78 is 15.9. The second-order valence-electron chi connectivity index (χ2n) is 8.81. The summed E-state index contributed by atoms with van der Waals surface area (Å²) >= 11 is 0. The van der Waals surface area contributed by atoms with Crippen molar-refractivity contribution in [1.82, 2.24) is 10.3 Å². The van der Waals surface area contributed by atoms with E-state index in [4.69, 9.17) is 14.2 Å². The molecule has 0 spiro atoms. The van der Waals surface area contributed by atoms with Gasteiger partial charge in [0, 0.05) is 30.2 Å². The summed E-state index contributed by atoms with van der Waals surface area (Å²) in [5.41, 5.74) is 1.25. The Kier molecular flexibility index (Phi) is 8.58. The zero-order valence-electron chi connectivity index (χ0n) is 20.8. The fraction of sp³-hybridized carbons (Fsp3) is 0.370. The van der Waals surface area contributed by atoms with E-state index in [1.165, 1.54) is 26.2 Å². The fourth-order valence-corrected chi connectivity index (χ4v) is 3.42. The molecule has 1 aromatic heterocycles. The molecule has 3 rings (SSSR count). The van der Waals surface area contributed by atoms with Crippen LogP contribution in [0.2, 0.25) is 0 Å². The van der Waals surface area contributed by atoms with E-state index in [1.54, 1.807) is 32.1 Å². The third kappa shape index (κ3) is 6.35. The number of hydrogen-bond acceptors (Lipinski definition) is 8. The van der Waals surface area contributed by atoms with Gasteiger partial charge in [0.05, 0.1) is 13.0 Å². The Hall–Kier alpha value is -4.01. The number of nitrogens with one attached hydrogen (secondary N) is 1. The first-order valence-corrected chi connectivity index (χ1v) is 11.7. The van der Waals surface area contributed by atoms with Crippen molar-refractivity contribution in [3.8, 4) is 16.9 Å². The maximum Gasteiger partial charge on any atom is 0.360 e. The monoisotopic (exact) mass is 494 g/mol. The average Bonchev–Trinajstić information content (AvgIpc) is 3.70. The van der Waals surface area contributed by atoms with Crippen LogP contribution in [0, 0.1) is 11.8 Å². The van der Waals surface area contributed by atoms with E-state index in [-0.39, 0.29) is 22.5 Å². The van der Waals surface area contributed by atoms with Crippen molar-refractivity contribution in [1.29, 1.82) is 0 Å². The van der Waals surface area contributed by atoms with Gasteiger partial charge in [-0.25, -0.2) is 9.78 Å². The quantitative estimate of drug-likeness (QED) is 0.282. The molecule has 9 nitrogen and oxygen atoms in total. The van der Waals surface area contributed by atoms with Crippen LogP contribution in [0.1, 0.15) is 70.5 Å². The lowest BCUT2D eigenvalue weighted by molar-refractivity contribution is -0.169. The highest BCUT2D eigenvalue weighted by atomic mass is 16.7.